The first-order valence-electron chi connectivity index (χ1n) is 5.95. The minimum atomic E-state index is -3.72. The summed E-state index contributed by atoms with van der Waals surface area (Å²) < 4.78 is 27.3. The van der Waals surface area contributed by atoms with E-state index in [2.05, 4.69) is 4.72 Å². The van der Waals surface area contributed by atoms with Crippen LogP contribution in [0.1, 0.15) is 11.1 Å². The standard InChI is InChI=1S/C14H15ClN2O2S/c1-9-6-7-11(15)13(8-9)17-20(18,19)14-5-3-4-12(16)10(14)2/h3-8,17H,16H2,1-2H3. The Kier molecular flexibility index (Phi) is 3.92. The van der Waals surface area contributed by atoms with Gasteiger partial charge in [-0.2, -0.15) is 0 Å². The Morgan fingerprint density at radius 1 is 1.15 bits per heavy atom. The molecule has 0 unspecified atom stereocenters. The number of nitrogens with one attached hydrogen (secondary N) is 1. The molecule has 0 radical (unpaired) electrons. The highest BCUT2D eigenvalue weighted by atomic mass is 35.5. The fraction of sp³-hybridized carbons (Fsp3) is 0.143. The highest BCUT2D eigenvalue weighted by Crippen LogP contribution is 2.27. The fourth-order valence-electron chi connectivity index (χ4n) is 1.84. The molecule has 4 nitrogen and oxygen atoms in total. The molecule has 106 valence electrons. The predicted octanol–water partition coefficient (Wildman–Crippen LogP) is 3.34. The molecule has 0 fully saturated rings. The second-order valence-corrected chi connectivity index (χ2v) is 6.62. The van der Waals surface area contributed by atoms with Crippen LogP contribution in [0.5, 0.6) is 0 Å². The molecule has 6 heteroatoms. The molecule has 0 spiro atoms. The molecular weight excluding hydrogens is 296 g/mol. The smallest absolute Gasteiger partial charge is 0.262 e. The average Bonchev–Trinajstić information content (AvgIpc) is 2.36. The van der Waals surface area contributed by atoms with Gasteiger partial charge in [-0.05, 0) is 49.2 Å². The number of benzene rings is 2. The quantitative estimate of drug-likeness (QED) is 0.854. The number of halogens is 1. The number of nitrogens with two attached hydrogens (primary N) is 1. The molecule has 0 heterocycles. The Bertz CT molecular complexity index is 758. The maximum atomic E-state index is 12.4. The second kappa shape index (κ2) is 5.34. The van der Waals surface area contributed by atoms with Crippen molar-refractivity contribution in [1.29, 1.82) is 0 Å². The summed E-state index contributed by atoms with van der Waals surface area (Å²) in [6.07, 6.45) is 0. The number of rotatable bonds is 3. The summed E-state index contributed by atoms with van der Waals surface area (Å²) in [5.74, 6) is 0. The van der Waals surface area contributed by atoms with E-state index in [1.807, 2.05) is 13.0 Å². The molecule has 0 aliphatic rings. The minimum absolute atomic E-state index is 0.148. The topological polar surface area (TPSA) is 72.2 Å². The van der Waals surface area contributed by atoms with Crippen LogP contribution in [0.3, 0.4) is 0 Å². The first-order chi connectivity index (χ1) is 9.31. The van der Waals surface area contributed by atoms with E-state index in [1.165, 1.54) is 6.07 Å². The monoisotopic (exact) mass is 310 g/mol. The van der Waals surface area contributed by atoms with Gasteiger partial charge in [-0.15, -0.1) is 0 Å². The van der Waals surface area contributed by atoms with Crippen molar-refractivity contribution in [3.8, 4) is 0 Å². The van der Waals surface area contributed by atoms with Crippen molar-refractivity contribution >= 4 is 33.0 Å². The summed E-state index contributed by atoms with van der Waals surface area (Å²) in [4.78, 5) is 0.148. The van der Waals surface area contributed by atoms with Gasteiger partial charge in [0, 0.05) is 5.69 Å². The molecule has 0 bridgehead atoms. The Balaban J connectivity index is 2.46. The van der Waals surface area contributed by atoms with Gasteiger partial charge in [0.25, 0.3) is 10.0 Å². The number of nitrogen functional groups attached to an aromatic ring is 1. The Labute approximate surface area is 123 Å². The van der Waals surface area contributed by atoms with E-state index in [0.29, 0.717) is 22.0 Å². The Morgan fingerprint density at radius 3 is 2.55 bits per heavy atom. The Morgan fingerprint density at radius 2 is 1.85 bits per heavy atom. The average molecular weight is 311 g/mol. The summed E-state index contributed by atoms with van der Waals surface area (Å²) in [5.41, 5.74) is 7.97. The van der Waals surface area contributed by atoms with Crippen molar-refractivity contribution in [3.05, 3.63) is 52.5 Å². The van der Waals surface area contributed by atoms with Crippen LogP contribution < -0.4 is 10.5 Å². The van der Waals surface area contributed by atoms with Gasteiger partial charge in [0.2, 0.25) is 0 Å². The molecule has 20 heavy (non-hydrogen) atoms. The zero-order chi connectivity index (χ0) is 14.9. The third kappa shape index (κ3) is 2.89. The summed E-state index contributed by atoms with van der Waals surface area (Å²) >= 11 is 6.01. The predicted molar refractivity (Wildman–Crippen MR) is 82.6 cm³/mol. The zero-order valence-electron chi connectivity index (χ0n) is 11.1. The van der Waals surface area contributed by atoms with E-state index in [0.717, 1.165) is 5.56 Å². The summed E-state index contributed by atoms with van der Waals surface area (Å²) in [6, 6.07) is 9.93. The molecule has 0 amide bonds. The van der Waals surface area contributed by atoms with Crippen molar-refractivity contribution in [2.75, 3.05) is 10.5 Å². The minimum Gasteiger partial charge on any atom is -0.398 e. The molecule has 0 saturated heterocycles. The number of sulfonamides is 1. The van der Waals surface area contributed by atoms with Crippen molar-refractivity contribution in [2.45, 2.75) is 18.7 Å². The molecule has 2 aromatic rings. The lowest BCUT2D eigenvalue weighted by Crippen LogP contribution is -2.15. The van der Waals surface area contributed by atoms with Crippen LogP contribution in [0.15, 0.2) is 41.3 Å². The van der Waals surface area contributed by atoms with E-state index in [-0.39, 0.29) is 4.90 Å². The van der Waals surface area contributed by atoms with Crippen LogP contribution >= 0.6 is 11.6 Å². The third-order valence-corrected chi connectivity index (χ3v) is 4.82. The van der Waals surface area contributed by atoms with Crippen LogP contribution in [0.2, 0.25) is 5.02 Å². The van der Waals surface area contributed by atoms with E-state index in [1.54, 1.807) is 31.2 Å². The van der Waals surface area contributed by atoms with Gasteiger partial charge in [0.05, 0.1) is 15.6 Å². The van der Waals surface area contributed by atoms with Crippen LogP contribution in [0.25, 0.3) is 0 Å². The van der Waals surface area contributed by atoms with Crippen molar-refractivity contribution in [3.63, 3.8) is 0 Å². The summed E-state index contributed by atoms with van der Waals surface area (Å²) in [5, 5.41) is 0.348. The van der Waals surface area contributed by atoms with E-state index >= 15 is 0 Å². The van der Waals surface area contributed by atoms with Gasteiger partial charge in [0.15, 0.2) is 0 Å². The highest BCUT2D eigenvalue weighted by Gasteiger charge is 2.19. The van der Waals surface area contributed by atoms with Gasteiger partial charge >= 0.3 is 0 Å². The van der Waals surface area contributed by atoms with Crippen LogP contribution in [0.4, 0.5) is 11.4 Å². The SMILES string of the molecule is Cc1ccc(Cl)c(NS(=O)(=O)c2cccc(N)c2C)c1. The second-order valence-electron chi connectivity index (χ2n) is 4.56. The lowest BCUT2D eigenvalue weighted by atomic mass is 10.2. The fourth-order valence-corrected chi connectivity index (χ4v) is 3.41. The highest BCUT2D eigenvalue weighted by molar-refractivity contribution is 7.92. The van der Waals surface area contributed by atoms with E-state index in [4.69, 9.17) is 17.3 Å². The lowest BCUT2D eigenvalue weighted by Gasteiger charge is -2.13. The number of anilines is 2. The normalized spacial score (nSPS) is 11.3. The molecule has 0 aromatic heterocycles. The van der Waals surface area contributed by atoms with Gasteiger partial charge in [-0.1, -0.05) is 23.7 Å². The van der Waals surface area contributed by atoms with Gasteiger partial charge in [0.1, 0.15) is 0 Å². The number of aryl methyl sites for hydroxylation is 1. The lowest BCUT2D eigenvalue weighted by molar-refractivity contribution is 0.600. The van der Waals surface area contributed by atoms with E-state index < -0.39 is 10.0 Å². The van der Waals surface area contributed by atoms with Crippen molar-refractivity contribution in [2.24, 2.45) is 0 Å². The maximum Gasteiger partial charge on any atom is 0.262 e. The van der Waals surface area contributed by atoms with Crippen molar-refractivity contribution < 1.29 is 8.42 Å². The third-order valence-electron chi connectivity index (χ3n) is 2.98. The molecule has 0 atom stereocenters. The molecule has 0 aliphatic heterocycles. The first-order valence-corrected chi connectivity index (χ1v) is 7.81. The molecular formula is C14H15ClN2O2S. The van der Waals surface area contributed by atoms with Gasteiger partial charge < -0.3 is 5.73 Å². The van der Waals surface area contributed by atoms with Gasteiger partial charge in [-0.25, -0.2) is 8.42 Å². The van der Waals surface area contributed by atoms with E-state index in [9.17, 15) is 8.42 Å². The molecule has 3 N–H and O–H groups in total. The Hall–Kier alpha value is -1.72. The van der Waals surface area contributed by atoms with Crippen molar-refractivity contribution in [1.82, 2.24) is 0 Å². The molecule has 2 rings (SSSR count). The van der Waals surface area contributed by atoms with Crippen LogP contribution in [0, 0.1) is 13.8 Å². The first kappa shape index (κ1) is 14.7. The molecule has 2 aromatic carbocycles. The number of hydrogen-bond acceptors (Lipinski definition) is 3. The maximum absolute atomic E-state index is 12.4. The summed E-state index contributed by atoms with van der Waals surface area (Å²) in [7, 11) is -3.72. The molecule has 0 aliphatic carbocycles. The summed E-state index contributed by atoms with van der Waals surface area (Å²) in [6.45, 7) is 3.53. The largest absolute Gasteiger partial charge is 0.398 e. The van der Waals surface area contributed by atoms with Crippen LogP contribution in [-0.4, -0.2) is 8.42 Å². The van der Waals surface area contributed by atoms with Gasteiger partial charge in [-0.3, -0.25) is 4.72 Å². The molecule has 0 saturated carbocycles. The zero-order valence-corrected chi connectivity index (χ0v) is 12.7. The van der Waals surface area contributed by atoms with Crippen LogP contribution in [-0.2, 0) is 10.0 Å². The number of hydrogen-bond donors (Lipinski definition) is 2.